The molecule has 272 valence electrons. The normalized spacial score (nSPS) is 24.2. The van der Waals surface area contributed by atoms with Gasteiger partial charge in [0.25, 0.3) is 0 Å². The maximum absolute atomic E-state index is 14.5. The molecule has 1 aliphatic carbocycles. The number of hydrogen-bond acceptors (Lipinski definition) is 7. The van der Waals surface area contributed by atoms with Crippen molar-refractivity contribution in [2.24, 2.45) is 17.8 Å². The van der Waals surface area contributed by atoms with Crippen LogP contribution in [0.15, 0.2) is 102 Å². The molecule has 3 fully saturated rings. The number of fused-ring (bicyclic) bond motifs is 4. The van der Waals surface area contributed by atoms with Crippen molar-refractivity contribution in [1.29, 1.82) is 0 Å². The lowest BCUT2D eigenvalue weighted by molar-refractivity contribution is -0.144. The number of pyridine rings is 1. The quantitative estimate of drug-likeness (QED) is 0.0998. The number of carbonyl (C=O) groups excluding carboxylic acids is 2. The first-order valence-electron chi connectivity index (χ1n) is 19.4. The number of amides is 2. The fourth-order valence-corrected chi connectivity index (χ4v) is 9.60. The van der Waals surface area contributed by atoms with Gasteiger partial charge >= 0.3 is 7.12 Å². The number of aromatic hydroxyl groups is 1. The molecule has 0 bridgehead atoms. The van der Waals surface area contributed by atoms with Crippen LogP contribution in [0, 0.1) is 17.8 Å². The number of allylic oxidation sites excluding steroid dienone is 2. The standard InChI is InChI=1S/C44H48BN3O5/c1-2-10-32-26-36-42(44(51)48(43(36)50)33-20-23-47(24-21-33)28-29-11-4-3-5-12-29)37-27-45(52)53-40(41(32)37)19-17-31(38-15-8-9-22-46-38)25-30-16-18-39(49)35-14-7-6-13-34(30)35/h3-9,11-16,18,22,25,33,36-37,40,42,49,52H,2,10,17,19-21,23-24,26-28H2,1H3/b31-25-/t36-,37+,40-,42-/m1/s1. The van der Waals surface area contributed by atoms with Gasteiger partial charge in [0, 0.05) is 37.3 Å². The van der Waals surface area contributed by atoms with Gasteiger partial charge in [-0.3, -0.25) is 24.4 Å². The highest BCUT2D eigenvalue weighted by Crippen LogP contribution is 2.52. The second kappa shape index (κ2) is 15.4. The molecule has 3 aliphatic heterocycles. The third-order valence-electron chi connectivity index (χ3n) is 12.0. The summed E-state index contributed by atoms with van der Waals surface area (Å²) < 4.78 is 6.37. The Kier molecular flexibility index (Phi) is 10.3. The third kappa shape index (κ3) is 7.10. The predicted octanol–water partition coefficient (Wildman–Crippen LogP) is 7.52. The average molecular weight is 710 g/mol. The number of piperidine rings is 1. The monoisotopic (exact) mass is 709 g/mol. The fraction of sp³-hybridized carbons (Fsp3) is 0.386. The number of likely N-dealkylation sites (tertiary alicyclic amines) is 2. The summed E-state index contributed by atoms with van der Waals surface area (Å²) in [6, 6.07) is 27.7. The van der Waals surface area contributed by atoms with Crippen molar-refractivity contribution in [3.63, 3.8) is 0 Å². The maximum Gasteiger partial charge on any atom is 0.455 e. The van der Waals surface area contributed by atoms with E-state index in [2.05, 4.69) is 42.2 Å². The van der Waals surface area contributed by atoms with Crippen LogP contribution in [0.3, 0.4) is 0 Å². The molecule has 0 unspecified atom stereocenters. The molecule has 1 aromatic heterocycles. The van der Waals surface area contributed by atoms with E-state index in [1.165, 1.54) is 11.1 Å². The summed E-state index contributed by atoms with van der Waals surface area (Å²) >= 11 is 0. The van der Waals surface area contributed by atoms with Crippen molar-refractivity contribution in [3.05, 3.63) is 119 Å². The molecule has 0 spiro atoms. The molecule has 4 heterocycles. The SMILES string of the molecule is CCCC1=C2[C@@H](CC/C(=C/c3ccc(O)c4ccccc34)c3ccccn3)OB(O)C[C@@H]2[C@@H]2C(=O)N(C3CCN(Cc4ccccc4)CC3)C(=O)[C@@H]2C1. The Morgan fingerprint density at radius 1 is 0.925 bits per heavy atom. The number of aromatic nitrogens is 1. The van der Waals surface area contributed by atoms with E-state index >= 15 is 0 Å². The van der Waals surface area contributed by atoms with E-state index in [0.29, 0.717) is 25.6 Å². The number of phenols is 1. The lowest BCUT2D eigenvalue weighted by Gasteiger charge is -2.43. The summed E-state index contributed by atoms with van der Waals surface area (Å²) in [6.45, 7) is 4.73. The second-order valence-corrected chi connectivity index (χ2v) is 15.2. The van der Waals surface area contributed by atoms with E-state index in [1.807, 2.05) is 54.6 Å². The van der Waals surface area contributed by atoms with Crippen molar-refractivity contribution in [2.75, 3.05) is 13.1 Å². The first-order valence-corrected chi connectivity index (χ1v) is 19.4. The van der Waals surface area contributed by atoms with Gasteiger partial charge in [-0.1, -0.05) is 85.6 Å². The van der Waals surface area contributed by atoms with Crippen LogP contribution in [-0.4, -0.2) is 69.1 Å². The summed E-state index contributed by atoms with van der Waals surface area (Å²) in [6.07, 6.45) is 9.00. The van der Waals surface area contributed by atoms with Gasteiger partial charge in [-0.05, 0) is 103 Å². The zero-order chi connectivity index (χ0) is 36.5. The maximum atomic E-state index is 14.5. The zero-order valence-electron chi connectivity index (χ0n) is 30.4. The minimum absolute atomic E-state index is 0.0202. The Hall–Kier alpha value is -4.57. The highest BCUT2D eigenvalue weighted by atomic mass is 16.5. The summed E-state index contributed by atoms with van der Waals surface area (Å²) in [7, 11) is -1.02. The van der Waals surface area contributed by atoms with Crippen LogP contribution in [0.5, 0.6) is 5.75 Å². The van der Waals surface area contributed by atoms with Crippen molar-refractivity contribution in [1.82, 2.24) is 14.8 Å². The molecule has 8 nitrogen and oxygen atoms in total. The molecular formula is C44H48BN3O5. The van der Waals surface area contributed by atoms with Gasteiger partial charge in [0.15, 0.2) is 0 Å². The van der Waals surface area contributed by atoms with Crippen LogP contribution in [0.1, 0.15) is 68.7 Å². The largest absolute Gasteiger partial charge is 0.507 e. The molecule has 0 radical (unpaired) electrons. The van der Waals surface area contributed by atoms with Gasteiger partial charge in [-0.25, -0.2) is 0 Å². The Bertz CT molecular complexity index is 2030. The third-order valence-corrected chi connectivity index (χ3v) is 12.0. The fourth-order valence-electron chi connectivity index (χ4n) is 9.60. The van der Waals surface area contributed by atoms with E-state index in [1.54, 1.807) is 17.2 Å². The van der Waals surface area contributed by atoms with Crippen LogP contribution in [-0.2, 0) is 20.8 Å². The van der Waals surface area contributed by atoms with Crippen molar-refractivity contribution < 1.29 is 24.4 Å². The first kappa shape index (κ1) is 35.5. The van der Waals surface area contributed by atoms with E-state index < -0.39 is 13.0 Å². The Morgan fingerprint density at radius 2 is 1.68 bits per heavy atom. The second-order valence-electron chi connectivity index (χ2n) is 15.2. The van der Waals surface area contributed by atoms with Crippen LogP contribution in [0.25, 0.3) is 22.4 Å². The van der Waals surface area contributed by atoms with Crippen molar-refractivity contribution >= 4 is 41.4 Å². The minimum atomic E-state index is -1.02. The Balaban J connectivity index is 1.05. The van der Waals surface area contributed by atoms with E-state index in [-0.39, 0.29) is 41.5 Å². The highest BCUT2D eigenvalue weighted by molar-refractivity contribution is 6.43. The molecule has 4 aliphatic rings. The average Bonchev–Trinajstić information content (AvgIpc) is 3.43. The topological polar surface area (TPSA) is 103 Å². The molecule has 3 aromatic carbocycles. The molecule has 9 heteroatoms. The van der Waals surface area contributed by atoms with Gasteiger partial charge in [0.1, 0.15) is 5.75 Å². The molecule has 8 rings (SSSR count). The van der Waals surface area contributed by atoms with Gasteiger partial charge in [-0.15, -0.1) is 0 Å². The zero-order valence-corrected chi connectivity index (χ0v) is 30.4. The number of carbonyl (C=O) groups is 2. The number of rotatable bonds is 10. The van der Waals surface area contributed by atoms with Crippen molar-refractivity contribution in [3.8, 4) is 5.75 Å². The van der Waals surface area contributed by atoms with E-state index in [9.17, 15) is 19.7 Å². The number of hydrogen-bond donors (Lipinski definition) is 2. The first-order chi connectivity index (χ1) is 25.9. The van der Waals surface area contributed by atoms with Gasteiger partial charge in [-0.2, -0.15) is 0 Å². The molecule has 0 saturated carbocycles. The van der Waals surface area contributed by atoms with Crippen LogP contribution in [0.2, 0.25) is 6.32 Å². The lowest BCUT2D eigenvalue weighted by Crippen LogP contribution is -2.48. The number of benzene rings is 3. The molecule has 2 N–H and O–H groups in total. The van der Waals surface area contributed by atoms with Gasteiger partial charge in [0.05, 0.1) is 23.6 Å². The number of imide groups is 1. The molecule has 3 saturated heterocycles. The number of nitrogens with zero attached hydrogens (tertiary/aromatic N) is 3. The summed E-state index contributed by atoms with van der Waals surface area (Å²) in [5.74, 6) is -0.903. The van der Waals surface area contributed by atoms with Crippen molar-refractivity contribution in [2.45, 2.75) is 76.9 Å². The van der Waals surface area contributed by atoms with Crippen LogP contribution >= 0.6 is 0 Å². The van der Waals surface area contributed by atoms with Gasteiger partial charge < -0.3 is 14.8 Å². The minimum Gasteiger partial charge on any atom is -0.507 e. The molecule has 2 amide bonds. The molecule has 4 aromatic rings. The summed E-state index contributed by atoms with van der Waals surface area (Å²) in [4.78, 5) is 37.4. The number of phenolic OH excluding ortho intramolecular Hbond substituents is 1. The summed E-state index contributed by atoms with van der Waals surface area (Å²) in [5, 5.41) is 23.5. The van der Waals surface area contributed by atoms with Gasteiger partial charge in [0.2, 0.25) is 11.8 Å². The molecular weight excluding hydrogens is 661 g/mol. The van der Waals surface area contributed by atoms with E-state index in [4.69, 9.17) is 9.64 Å². The van der Waals surface area contributed by atoms with E-state index in [0.717, 1.165) is 78.5 Å². The predicted molar refractivity (Wildman–Crippen MR) is 208 cm³/mol. The smallest absolute Gasteiger partial charge is 0.455 e. The summed E-state index contributed by atoms with van der Waals surface area (Å²) in [5.41, 5.74) is 6.49. The molecule has 53 heavy (non-hydrogen) atoms. The van der Waals surface area contributed by atoms with Crippen LogP contribution in [0.4, 0.5) is 0 Å². The Labute approximate surface area is 312 Å². The van der Waals surface area contributed by atoms with Crippen LogP contribution < -0.4 is 0 Å². The molecule has 4 atom stereocenters. The highest BCUT2D eigenvalue weighted by Gasteiger charge is 2.58. The Morgan fingerprint density at radius 3 is 2.43 bits per heavy atom. The lowest BCUT2D eigenvalue weighted by atomic mass is 9.58.